The minimum atomic E-state index is 0.305. The van der Waals surface area contributed by atoms with Gasteiger partial charge in [0.1, 0.15) is 0 Å². The SMILES string of the molecule is CSc1nccn1-c1ccc2c(c1C)OCO2. The lowest BCUT2D eigenvalue weighted by atomic mass is 10.1. The average Bonchev–Trinajstić information content (AvgIpc) is 2.97. The molecule has 1 aliphatic heterocycles. The molecule has 88 valence electrons. The maximum atomic E-state index is 5.48. The van der Waals surface area contributed by atoms with Crippen LogP contribution in [-0.4, -0.2) is 22.6 Å². The van der Waals surface area contributed by atoms with Crippen LogP contribution < -0.4 is 9.47 Å². The van der Waals surface area contributed by atoms with E-state index in [0.717, 1.165) is 27.9 Å². The summed E-state index contributed by atoms with van der Waals surface area (Å²) in [4.78, 5) is 4.30. The summed E-state index contributed by atoms with van der Waals surface area (Å²) in [6.07, 6.45) is 5.77. The zero-order valence-corrected chi connectivity index (χ0v) is 10.5. The van der Waals surface area contributed by atoms with Gasteiger partial charge in [-0.25, -0.2) is 4.98 Å². The molecule has 0 radical (unpaired) electrons. The van der Waals surface area contributed by atoms with Gasteiger partial charge in [-0.3, -0.25) is 4.57 Å². The molecule has 0 N–H and O–H groups in total. The minimum absolute atomic E-state index is 0.305. The van der Waals surface area contributed by atoms with E-state index in [2.05, 4.69) is 9.55 Å². The predicted octanol–water partition coefficient (Wildman–Crippen LogP) is 2.63. The lowest BCUT2D eigenvalue weighted by molar-refractivity contribution is 0.173. The van der Waals surface area contributed by atoms with E-state index in [9.17, 15) is 0 Å². The molecule has 5 heteroatoms. The van der Waals surface area contributed by atoms with Crippen molar-refractivity contribution in [2.24, 2.45) is 0 Å². The second kappa shape index (κ2) is 4.00. The first kappa shape index (κ1) is 10.5. The highest BCUT2D eigenvalue weighted by atomic mass is 32.2. The zero-order chi connectivity index (χ0) is 11.8. The van der Waals surface area contributed by atoms with Gasteiger partial charge in [-0.1, -0.05) is 11.8 Å². The number of imidazole rings is 1. The van der Waals surface area contributed by atoms with Gasteiger partial charge >= 0.3 is 0 Å². The van der Waals surface area contributed by atoms with Crippen LogP contribution in [0.3, 0.4) is 0 Å². The molecule has 0 unspecified atom stereocenters. The average molecular weight is 248 g/mol. The number of hydrogen-bond acceptors (Lipinski definition) is 4. The number of thioether (sulfide) groups is 1. The number of nitrogens with zero attached hydrogens (tertiary/aromatic N) is 2. The van der Waals surface area contributed by atoms with E-state index in [4.69, 9.17) is 9.47 Å². The summed E-state index contributed by atoms with van der Waals surface area (Å²) in [6, 6.07) is 3.97. The monoisotopic (exact) mass is 248 g/mol. The largest absolute Gasteiger partial charge is 0.454 e. The van der Waals surface area contributed by atoms with E-state index in [0.29, 0.717) is 6.79 Å². The third-order valence-corrected chi connectivity index (χ3v) is 3.48. The first-order valence-electron chi connectivity index (χ1n) is 5.28. The van der Waals surface area contributed by atoms with Crippen LogP contribution in [0.2, 0.25) is 0 Å². The molecule has 4 nitrogen and oxygen atoms in total. The van der Waals surface area contributed by atoms with Gasteiger partial charge in [0.25, 0.3) is 0 Å². The molecule has 0 spiro atoms. The standard InChI is InChI=1S/C12H12N2O2S/c1-8-9(14-6-5-13-12(14)17-2)3-4-10-11(8)16-7-15-10/h3-6H,7H2,1-2H3. The number of hydrogen-bond donors (Lipinski definition) is 0. The van der Waals surface area contributed by atoms with Crippen molar-refractivity contribution in [1.82, 2.24) is 9.55 Å². The fourth-order valence-corrected chi connectivity index (χ4v) is 2.51. The van der Waals surface area contributed by atoms with Crippen molar-refractivity contribution in [3.8, 4) is 17.2 Å². The van der Waals surface area contributed by atoms with Crippen LogP contribution in [0.15, 0.2) is 29.7 Å². The topological polar surface area (TPSA) is 36.3 Å². The molecule has 0 bridgehead atoms. The predicted molar refractivity (Wildman–Crippen MR) is 66.2 cm³/mol. The van der Waals surface area contributed by atoms with Gasteiger partial charge in [0.15, 0.2) is 16.7 Å². The Labute approximate surface area is 104 Å². The molecule has 0 saturated heterocycles. The Bertz CT molecular complexity index is 566. The Hall–Kier alpha value is -1.62. The van der Waals surface area contributed by atoms with Gasteiger partial charge in [-0.2, -0.15) is 0 Å². The van der Waals surface area contributed by atoms with Gasteiger partial charge in [-0.15, -0.1) is 0 Å². The number of ether oxygens (including phenoxy) is 2. The normalized spacial score (nSPS) is 13.1. The highest BCUT2D eigenvalue weighted by Crippen LogP contribution is 2.38. The Morgan fingerprint density at radius 2 is 2.24 bits per heavy atom. The molecule has 0 atom stereocenters. The van der Waals surface area contributed by atoms with Gasteiger partial charge in [0, 0.05) is 18.0 Å². The third-order valence-electron chi connectivity index (χ3n) is 2.81. The summed E-state index contributed by atoms with van der Waals surface area (Å²) in [5, 5.41) is 0.965. The second-order valence-electron chi connectivity index (χ2n) is 3.73. The van der Waals surface area contributed by atoms with Crippen LogP contribution in [0.5, 0.6) is 11.5 Å². The molecule has 0 aliphatic carbocycles. The molecule has 1 aromatic heterocycles. The summed E-state index contributed by atoms with van der Waals surface area (Å²) >= 11 is 1.62. The Morgan fingerprint density at radius 1 is 1.35 bits per heavy atom. The first-order chi connectivity index (χ1) is 8.31. The fraction of sp³-hybridized carbons (Fsp3) is 0.250. The molecule has 17 heavy (non-hydrogen) atoms. The molecular formula is C12H12N2O2S. The third kappa shape index (κ3) is 1.58. The summed E-state index contributed by atoms with van der Waals surface area (Å²) in [5.41, 5.74) is 2.16. The highest BCUT2D eigenvalue weighted by molar-refractivity contribution is 7.98. The van der Waals surface area contributed by atoms with Crippen molar-refractivity contribution in [3.05, 3.63) is 30.1 Å². The van der Waals surface area contributed by atoms with E-state index in [1.54, 1.807) is 18.0 Å². The van der Waals surface area contributed by atoms with Crippen molar-refractivity contribution in [2.45, 2.75) is 12.1 Å². The van der Waals surface area contributed by atoms with Crippen LogP contribution >= 0.6 is 11.8 Å². The zero-order valence-electron chi connectivity index (χ0n) is 9.64. The lowest BCUT2D eigenvalue weighted by Gasteiger charge is -2.11. The molecule has 0 amide bonds. The van der Waals surface area contributed by atoms with Crippen LogP contribution in [0.25, 0.3) is 5.69 Å². The van der Waals surface area contributed by atoms with E-state index < -0.39 is 0 Å². The Kier molecular flexibility index (Phi) is 2.48. The van der Waals surface area contributed by atoms with Gasteiger partial charge in [0.2, 0.25) is 6.79 Å². The first-order valence-corrected chi connectivity index (χ1v) is 6.50. The van der Waals surface area contributed by atoms with E-state index in [-0.39, 0.29) is 0 Å². The van der Waals surface area contributed by atoms with Crippen LogP contribution in [0.1, 0.15) is 5.56 Å². The maximum Gasteiger partial charge on any atom is 0.231 e. The molecule has 2 aromatic rings. The maximum absolute atomic E-state index is 5.48. The molecule has 0 saturated carbocycles. The molecule has 1 aromatic carbocycles. The molecule has 1 aliphatic rings. The van der Waals surface area contributed by atoms with Crippen molar-refractivity contribution in [1.29, 1.82) is 0 Å². The Balaban J connectivity index is 2.16. The molecule has 2 heterocycles. The lowest BCUT2D eigenvalue weighted by Crippen LogP contribution is -1.98. The number of rotatable bonds is 2. The summed E-state index contributed by atoms with van der Waals surface area (Å²) in [7, 11) is 0. The summed E-state index contributed by atoms with van der Waals surface area (Å²) < 4.78 is 12.9. The van der Waals surface area contributed by atoms with Crippen molar-refractivity contribution < 1.29 is 9.47 Å². The van der Waals surface area contributed by atoms with Crippen molar-refractivity contribution in [2.75, 3.05) is 13.0 Å². The van der Waals surface area contributed by atoms with Crippen LogP contribution in [0.4, 0.5) is 0 Å². The molecule has 3 rings (SSSR count). The fourth-order valence-electron chi connectivity index (χ4n) is 1.99. The highest BCUT2D eigenvalue weighted by Gasteiger charge is 2.19. The second-order valence-corrected chi connectivity index (χ2v) is 4.50. The van der Waals surface area contributed by atoms with Crippen molar-refractivity contribution in [3.63, 3.8) is 0 Å². The van der Waals surface area contributed by atoms with E-state index in [1.807, 2.05) is 31.5 Å². The van der Waals surface area contributed by atoms with Crippen LogP contribution in [-0.2, 0) is 0 Å². The van der Waals surface area contributed by atoms with Crippen molar-refractivity contribution >= 4 is 11.8 Å². The van der Waals surface area contributed by atoms with E-state index in [1.165, 1.54) is 0 Å². The number of fused-ring (bicyclic) bond motifs is 1. The van der Waals surface area contributed by atoms with Gasteiger partial charge < -0.3 is 9.47 Å². The van der Waals surface area contributed by atoms with Crippen LogP contribution in [0, 0.1) is 6.92 Å². The Morgan fingerprint density at radius 3 is 3.06 bits per heavy atom. The summed E-state index contributed by atoms with van der Waals surface area (Å²) in [5.74, 6) is 1.65. The molecular weight excluding hydrogens is 236 g/mol. The van der Waals surface area contributed by atoms with Gasteiger partial charge in [0.05, 0.1) is 5.69 Å². The van der Waals surface area contributed by atoms with Gasteiger partial charge in [-0.05, 0) is 25.3 Å². The minimum Gasteiger partial charge on any atom is -0.454 e. The molecule has 0 fully saturated rings. The summed E-state index contributed by atoms with van der Waals surface area (Å²) in [6.45, 7) is 2.34. The number of benzene rings is 1. The van der Waals surface area contributed by atoms with E-state index >= 15 is 0 Å². The number of aromatic nitrogens is 2. The quantitative estimate of drug-likeness (QED) is 0.765. The smallest absolute Gasteiger partial charge is 0.231 e.